The highest BCUT2D eigenvalue weighted by molar-refractivity contribution is 8.05. The molecule has 0 unspecified atom stereocenters. The Hall–Kier alpha value is -3.91. The summed E-state index contributed by atoms with van der Waals surface area (Å²) in [6, 6.07) is 12.2. The van der Waals surface area contributed by atoms with Gasteiger partial charge in [0.15, 0.2) is 17.3 Å². The van der Waals surface area contributed by atoms with Gasteiger partial charge in [-0.15, -0.1) is 0 Å². The van der Waals surface area contributed by atoms with E-state index in [1.165, 1.54) is 33.1 Å². The van der Waals surface area contributed by atoms with Gasteiger partial charge in [-0.3, -0.25) is 9.59 Å². The van der Waals surface area contributed by atoms with E-state index >= 15 is 0 Å². The molecule has 192 valence electrons. The molecule has 0 fully saturated rings. The number of hydrogen-bond donors (Lipinski definition) is 0. The molecule has 37 heavy (non-hydrogen) atoms. The number of carbonyl (C=O) groups is 2. The molecule has 3 aromatic rings. The van der Waals surface area contributed by atoms with E-state index in [-0.39, 0.29) is 17.1 Å². The quantitative estimate of drug-likeness (QED) is 0.267. The molecule has 0 atom stereocenters. The van der Waals surface area contributed by atoms with Crippen molar-refractivity contribution in [2.24, 2.45) is 0 Å². The molecule has 0 saturated heterocycles. The number of methoxy groups -OCH3 is 5. The zero-order chi connectivity index (χ0) is 26.9. The number of aryl methyl sites for hydroxylation is 2. The molecule has 0 amide bonds. The molecule has 1 aliphatic heterocycles. The summed E-state index contributed by atoms with van der Waals surface area (Å²) in [5.41, 5.74) is 3.39. The number of ketones is 2. The molecule has 0 bridgehead atoms. The van der Waals surface area contributed by atoms with Crippen LogP contribution in [0.2, 0.25) is 0 Å². The van der Waals surface area contributed by atoms with Crippen molar-refractivity contribution in [1.29, 1.82) is 0 Å². The highest BCUT2D eigenvalue weighted by Gasteiger charge is 2.34. The molecule has 1 heterocycles. The van der Waals surface area contributed by atoms with E-state index in [0.29, 0.717) is 50.3 Å². The number of rotatable bonds is 8. The van der Waals surface area contributed by atoms with Gasteiger partial charge in [0.25, 0.3) is 0 Å². The number of benzene rings is 3. The fraction of sp³-hybridized carbons (Fsp3) is 0.241. The first-order valence-corrected chi connectivity index (χ1v) is 12.2. The van der Waals surface area contributed by atoms with Crippen molar-refractivity contribution in [2.45, 2.75) is 18.7 Å². The molecule has 4 rings (SSSR count). The molecule has 7 nitrogen and oxygen atoms in total. The first-order valence-electron chi connectivity index (χ1n) is 11.4. The van der Waals surface area contributed by atoms with Crippen molar-refractivity contribution in [2.75, 3.05) is 35.5 Å². The zero-order valence-electron chi connectivity index (χ0n) is 21.8. The minimum Gasteiger partial charge on any atom is -0.496 e. The van der Waals surface area contributed by atoms with Crippen molar-refractivity contribution in [3.63, 3.8) is 0 Å². The Labute approximate surface area is 220 Å². The highest BCUT2D eigenvalue weighted by Crippen LogP contribution is 2.47. The maximum atomic E-state index is 14.2. The Balaban J connectivity index is 1.96. The number of ether oxygens (including phenoxy) is 5. The molecule has 1 aliphatic rings. The Morgan fingerprint density at radius 3 is 1.81 bits per heavy atom. The van der Waals surface area contributed by atoms with Crippen LogP contribution in [0, 0.1) is 13.8 Å². The van der Waals surface area contributed by atoms with E-state index in [1.54, 1.807) is 44.6 Å². The van der Waals surface area contributed by atoms with Crippen LogP contribution in [-0.2, 0) is 0 Å². The molecule has 0 saturated carbocycles. The van der Waals surface area contributed by atoms with E-state index < -0.39 is 0 Å². The van der Waals surface area contributed by atoms with Crippen LogP contribution in [0.15, 0.2) is 52.3 Å². The van der Waals surface area contributed by atoms with Gasteiger partial charge in [0.1, 0.15) is 11.5 Å². The Morgan fingerprint density at radius 1 is 0.676 bits per heavy atom. The van der Waals surface area contributed by atoms with E-state index in [0.717, 1.165) is 16.0 Å². The lowest BCUT2D eigenvalue weighted by Gasteiger charge is -2.16. The zero-order valence-corrected chi connectivity index (χ0v) is 22.6. The summed E-state index contributed by atoms with van der Waals surface area (Å²) in [4.78, 5) is 29.0. The number of carbonyl (C=O) groups excluding carboxylic acids is 2. The van der Waals surface area contributed by atoms with E-state index in [9.17, 15) is 9.59 Å². The summed E-state index contributed by atoms with van der Waals surface area (Å²) < 4.78 is 27.2. The molecule has 0 spiro atoms. The number of fused-ring (bicyclic) bond motifs is 1. The first kappa shape index (κ1) is 26.2. The van der Waals surface area contributed by atoms with E-state index in [4.69, 9.17) is 23.7 Å². The van der Waals surface area contributed by atoms with Crippen LogP contribution >= 0.6 is 11.8 Å². The van der Waals surface area contributed by atoms with Crippen LogP contribution in [0.1, 0.15) is 37.4 Å². The predicted octanol–water partition coefficient (Wildman–Crippen LogP) is 5.93. The lowest BCUT2D eigenvalue weighted by molar-refractivity contribution is 0.102. The third-order valence-electron chi connectivity index (χ3n) is 6.22. The van der Waals surface area contributed by atoms with Crippen LogP contribution in [0.25, 0.3) is 5.57 Å². The second kappa shape index (κ2) is 10.6. The van der Waals surface area contributed by atoms with E-state index in [2.05, 4.69) is 0 Å². The summed E-state index contributed by atoms with van der Waals surface area (Å²) in [5, 5.41) is 0. The van der Waals surface area contributed by atoms with Gasteiger partial charge in [-0.1, -0.05) is 17.8 Å². The van der Waals surface area contributed by atoms with Crippen LogP contribution < -0.4 is 23.7 Å². The predicted molar refractivity (Wildman–Crippen MR) is 143 cm³/mol. The summed E-state index contributed by atoms with van der Waals surface area (Å²) >= 11 is 1.26. The van der Waals surface area contributed by atoms with Crippen LogP contribution in [0.4, 0.5) is 0 Å². The first-order chi connectivity index (χ1) is 17.8. The van der Waals surface area contributed by atoms with Gasteiger partial charge < -0.3 is 23.7 Å². The summed E-state index contributed by atoms with van der Waals surface area (Å²) in [5.74, 6) is 1.85. The third-order valence-corrected chi connectivity index (χ3v) is 7.38. The monoisotopic (exact) mass is 520 g/mol. The normalized spacial score (nSPS) is 13.6. The third kappa shape index (κ3) is 4.64. The van der Waals surface area contributed by atoms with Crippen LogP contribution in [0.5, 0.6) is 28.7 Å². The molecule has 0 aliphatic carbocycles. The SMILES string of the molecule is COc1ccc(/C(C(=O)c2cc(OC)c(OC)c(OC)c2)=C2\Sc3cc(OC)c(C)cc3C2=O)cc1C. The molecular weight excluding hydrogens is 492 g/mol. The number of thioether (sulfide) groups is 1. The average Bonchev–Trinajstić information content (AvgIpc) is 3.21. The molecule has 0 N–H and O–H groups in total. The lowest BCUT2D eigenvalue weighted by Crippen LogP contribution is -2.10. The lowest BCUT2D eigenvalue weighted by atomic mass is 9.92. The number of allylic oxidation sites excluding steroid dienone is 2. The van der Waals surface area contributed by atoms with Crippen molar-refractivity contribution >= 4 is 28.9 Å². The van der Waals surface area contributed by atoms with Gasteiger partial charge in [-0.2, -0.15) is 0 Å². The molecular formula is C29H28O7S. The fourth-order valence-corrected chi connectivity index (χ4v) is 5.51. The molecule has 8 heteroatoms. The molecule has 3 aromatic carbocycles. The Morgan fingerprint density at radius 2 is 1.27 bits per heavy atom. The van der Waals surface area contributed by atoms with Crippen molar-refractivity contribution < 1.29 is 33.3 Å². The fourth-order valence-electron chi connectivity index (χ4n) is 4.35. The largest absolute Gasteiger partial charge is 0.496 e. The van der Waals surface area contributed by atoms with Crippen molar-refractivity contribution in [3.05, 3.63) is 75.2 Å². The van der Waals surface area contributed by atoms with Crippen molar-refractivity contribution in [1.82, 2.24) is 0 Å². The van der Waals surface area contributed by atoms with Gasteiger partial charge >= 0.3 is 0 Å². The van der Waals surface area contributed by atoms with Gasteiger partial charge in [-0.05, 0) is 66.9 Å². The standard InChI is InChI=1S/C29H28O7S/c1-15-10-17(8-9-20(15)32-3)25(26(30)18-12-22(34-5)28(36-7)23(13-18)35-6)29-27(31)19-11-16(2)21(33-4)14-24(19)37-29/h8-14H,1-7H3/b29-25+. The van der Waals surface area contributed by atoms with Gasteiger partial charge in [0, 0.05) is 21.6 Å². The van der Waals surface area contributed by atoms with Gasteiger partial charge in [-0.25, -0.2) is 0 Å². The molecule has 0 radical (unpaired) electrons. The maximum absolute atomic E-state index is 14.2. The van der Waals surface area contributed by atoms with Crippen molar-refractivity contribution in [3.8, 4) is 28.7 Å². The molecule has 0 aromatic heterocycles. The maximum Gasteiger partial charge on any atom is 0.203 e. The number of hydrogen-bond acceptors (Lipinski definition) is 8. The minimum atomic E-state index is -0.351. The summed E-state index contributed by atoms with van der Waals surface area (Å²) in [6.45, 7) is 3.77. The Kier molecular flexibility index (Phi) is 7.50. The topological polar surface area (TPSA) is 80.3 Å². The van der Waals surface area contributed by atoms with Gasteiger partial charge in [0.2, 0.25) is 11.5 Å². The van der Waals surface area contributed by atoms with Crippen LogP contribution in [0.3, 0.4) is 0 Å². The smallest absolute Gasteiger partial charge is 0.203 e. The second-order valence-electron chi connectivity index (χ2n) is 8.38. The summed E-state index contributed by atoms with van der Waals surface area (Å²) in [7, 11) is 7.65. The Bertz CT molecular complexity index is 1410. The number of Topliss-reactive ketones (excluding diaryl/α,β-unsaturated/α-hetero) is 2. The van der Waals surface area contributed by atoms with Crippen LogP contribution in [-0.4, -0.2) is 47.1 Å². The highest BCUT2D eigenvalue weighted by atomic mass is 32.2. The summed E-state index contributed by atoms with van der Waals surface area (Å²) in [6.07, 6.45) is 0. The average molecular weight is 521 g/mol. The van der Waals surface area contributed by atoms with Gasteiger partial charge in [0.05, 0.1) is 40.5 Å². The second-order valence-corrected chi connectivity index (χ2v) is 9.43. The van der Waals surface area contributed by atoms with E-state index in [1.807, 2.05) is 26.0 Å². The minimum absolute atomic E-state index is 0.213.